The first-order valence-corrected chi connectivity index (χ1v) is 11.2. The number of aromatic nitrogens is 1. The van der Waals surface area contributed by atoms with Crippen LogP contribution in [0.3, 0.4) is 0 Å². The first-order valence-electron chi connectivity index (χ1n) is 9.32. The summed E-state index contributed by atoms with van der Waals surface area (Å²) >= 11 is 0. The molecule has 0 saturated carbocycles. The van der Waals surface area contributed by atoms with Gasteiger partial charge in [0.15, 0.2) is 15.7 Å². The molecule has 146 valence electrons. The number of nitrogens with zero attached hydrogens (tertiary/aromatic N) is 2. The summed E-state index contributed by atoms with van der Waals surface area (Å²) in [4.78, 5) is 6.67. The predicted octanol–water partition coefficient (Wildman–Crippen LogP) is 2.68. The Kier molecular flexibility index (Phi) is 4.94. The van der Waals surface area contributed by atoms with Gasteiger partial charge in [0.25, 0.3) is 0 Å². The van der Waals surface area contributed by atoms with Crippen LogP contribution in [-0.2, 0) is 9.84 Å². The second kappa shape index (κ2) is 7.24. The SMILES string of the molecule is CS(=O)(=O)c1ccc(N2CC[C@H](c3coc(C4CCNCC4)n3)C2)c(F)c1. The molecule has 0 aliphatic carbocycles. The lowest BCUT2D eigenvalue weighted by Crippen LogP contribution is -2.26. The number of rotatable bonds is 4. The highest BCUT2D eigenvalue weighted by Crippen LogP contribution is 2.34. The summed E-state index contributed by atoms with van der Waals surface area (Å²) in [6, 6.07) is 4.12. The smallest absolute Gasteiger partial charge is 0.197 e. The Bertz CT molecular complexity index is 922. The Hall–Kier alpha value is -1.93. The van der Waals surface area contributed by atoms with Crippen LogP contribution < -0.4 is 10.2 Å². The van der Waals surface area contributed by atoms with Gasteiger partial charge in [-0.15, -0.1) is 0 Å². The van der Waals surface area contributed by atoms with Gasteiger partial charge in [-0.3, -0.25) is 0 Å². The predicted molar refractivity (Wildman–Crippen MR) is 100 cm³/mol. The van der Waals surface area contributed by atoms with Gasteiger partial charge in [0.2, 0.25) is 0 Å². The van der Waals surface area contributed by atoms with Gasteiger partial charge in [-0.2, -0.15) is 0 Å². The lowest BCUT2D eigenvalue weighted by atomic mass is 9.98. The van der Waals surface area contributed by atoms with E-state index < -0.39 is 15.7 Å². The molecule has 0 amide bonds. The average Bonchev–Trinajstić information content (AvgIpc) is 3.31. The van der Waals surface area contributed by atoms with Gasteiger partial charge in [-0.1, -0.05) is 0 Å². The molecule has 0 radical (unpaired) electrons. The van der Waals surface area contributed by atoms with E-state index in [-0.39, 0.29) is 10.8 Å². The maximum Gasteiger partial charge on any atom is 0.197 e. The van der Waals surface area contributed by atoms with Crippen LogP contribution in [0.5, 0.6) is 0 Å². The monoisotopic (exact) mass is 393 g/mol. The largest absolute Gasteiger partial charge is 0.448 e. The number of hydrogen-bond acceptors (Lipinski definition) is 6. The summed E-state index contributed by atoms with van der Waals surface area (Å²) in [7, 11) is -3.41. The van der Waals surface area contributed by atoms with Crippen LogP contribution in [0.15, 0.2) is 33.8 Å². The quantitative estimate of drug-likeness (QED) is 0.861. The minimum absolute atomic E-state index is 0.00242. The van der Waals surface area contributed by atoms with Crippen LogP contribution in [-0.4, -0.2) is 45.8 Å². The molecule has 0 bridgehead atoms. The third kappa shape index (κ3) is 3.87. The van der Waals surface area contributed by atoms with Crippen LogP contribution in [0.25, 0.3) is 0 Å². The summed E-state index contributed by atoms with van der Waals surface area (Å²) in [6.45, 7) is 3.33. The van der Waals surface area contributed by atoms with Crippen molar-refractivity contribution in [1.82, 2.24) is 10.3 Å². The van der Waals surface area contributed by atoms with Crippen LogP contribution in [0.2, 0.25) is 0 Å². The normalized spacial score (nSPS) is 21.7. The standard InChI is InChI=1S/C19H24FN3O3S/c1-27(24,25)15-2-3-18(16(20)10-15)23-9-6-14(11-23)17-12-26-19(22-17)13-4-7-21-8-5-13/h2-3,10,12-14,21H,4-9,11H2,1H3/t14-/m0/s1. The summed E-state index contributed by atoms with van der Waals surface area (Å²) in [6.07, 6.45) is 5.77. The number of oxazole rings is 1. The molecule has 2 aliphatic heterocycles. The van der Waals surface area contributed by atoms with E-state index in [2.05, 4.69) is 5.32 Å². The Morgan fingerprint density at radius 2 is 2.00 bits per heavy atom. The number of benzene rings is 1. The topological polar surface area (TPSA) is 75.4 Å². The van der Waals surface area contributed by atoms with Gasteiger partial charge < -0.3 is 14.6 Å². The van der Waals surface area contributed by atoms with Gasteiger partial charge in [0, 0.05) is 31.2 Å². The number of halogens is 1. The van der Waals surface area contributed by atoms with Crippen molar-refractivity contribution in [2.24, 2.45) is 0 Å². The fraction of sp³-hybridized carbons (Fsp3) is 0.526. The first-order chi connectivity index (χ1) is 12.9. The van der Waals surface area contributed by atoms with E-state index in [1.165, 1.54) is 6.07 Å². The van der Waals surface area contributed by atoms with Crippen LogP contribution >= 0.6 is 0 Å². The molecule has 1 aromatic heterocycles. The van der Waals surface area contributed by atoms with Crippen molar-refractivity contribution in [2.75, 3.05) is 37.3 Å². The number of sulfone groups is 1. The summed E-state index contributed by atoms with van der Waals surface area (Å²) in [5, 5.41) is 3.34. The van der Waals surface area contributed by atoms with E-state index in [0.29, 0.717) is 24.7 Å². The van der Waals surface area contributed by atoms with Crippen molar-refractivity contribution in [2.45, 2.75) is 36.0 Å². The van der Waals surface area contributed by atoms with E-state index in [1.807, 2.05) is 4.90 Å². The third-order valence-electron chi connectivity index (χ3n) is 5.52. The summed E-state index contributed by atoms with van der Waals surface area (Å²) in [5.74, 6) is 0.874. The molecule has 1 N–H and O–H groups in total. The molecule has 1 aromatic carbocycles. The molecule has 4 rings (SSSR count). The van der Waals surface area contributed by atoms with Crippen LogP contribution in [0.4, 0.5) is 10.1 Å². The highest BCUT2D eigenvalue weighted by atomic mass is 32.2. The molecule has 2 aromatic rings. The lowest BCUT2D eigenvalue weighted by molar-refractivity contribution is 0.374. The van der Waals surface area contributed by atoms with E-state index in [4.69, 9.17) is 9.40 Å². The third-order valence-corrected chi connectivity index (χ3v) is 6.63. The van der Waals surface area contributed by atoms with Gasteiger partial charge in [-0.25, -0.2) is 17.8 Å². The molecule has 2 saturated heterocycles. The Morgan fingerprint density at radius 1 is 1.22 bits per heavy atom. The van der Waals surface area contributed by atoms with E-state index in [0.717, 1.165) is 56.3 Å². The van der Waals surface area contributed by atoms with Gasteiger partial charge in [-0.05, 0) is 50.6 Å². The number of hydrogen-bond donors (Lipinski definition) is 1. The Labute approximate surface area is 158 Å². The van der Waals surface area contributed by atoms with Gasteiger partial charge in [0.05, 0.1) is 16.3 Å². The zero-order valence-corrected chi connectivity index (χ0v) is 16.1. The second-order valence-corrected chi connectivity index (χ2v) is 9.47. The molecular formula is C19H24FN3O3S. The number of piperidine rings is 1. The molecular weight excluding hydrogens is 369 g/mol. The first kappa shape index (κ1) is 18.4. The van der Waals surface area contributed by atoms with Crippen molar-refractivity contribution in [1.29, 1.82) is 0 Å². The number of anilines is 1. The summed E-state index contributed by atoms with van der Waals surface area (Å²) < 4.78 is 43.4. The highest BCUT2D eigenvalue weighted by Gasteiger charge is 2.29. The minimum atomic E-state index is -3.41. The zero-order valence-electron chi connectivity index (χ0n) is 15.3. The maximum absolute atomic E-state index is 14.5. The van der Waals surface area contributed by atoms with Crippen molar-refractivity contribution < 1.29 is 17.2 Å². The van der Waals surface area contributed by atoms with E-state index in [9.17, 15) is 12.8 Å². The average molecular weight is 393 g/mol. The lowest BCUT2D eigenvalue weighted by Gasteiger charge is -2.20. The van der Waals surface area contributed by atoms with E-state index in [1.54, 1.807) is 12.3 Å². The van der Waals surface area contributed by atoms with Crippen LogP contribution in [0, 0.1) is 5.82 Å². The molecule has 2 aliphatic rings. The highest BCUT2D eigenvalue weighted by molar-refractivity contribution is 7.90. The zero-order chi connectivity index (χ0) is 19.0. The van der Waals surface area contributed by atoms with Crippen molar-refractivity contribution in [3.63, 3.8) is 0 Å². The fourth-order valence-corrected chi connectivity index (χ4v) is 4.57. The molecule has 2 fully saturated rings. The molecule has 3 heterocycles. The number of nitrogens with one attached hydrogen (secondary N) is 1. The molecule has 27 heavy (non-hydrogen) atoms. The van der Waals surface area contributed by atoms with Crippen molar-refractivity contribution in [3.05, 3.63) is 41.9 Å². The molecule has 6 nitrogen and oxygen atoms in total. The minimum Gasteiger partial charge on any atom is -0.448 e. The van der Waals surface area contributed by atoms with E-state index >= 15 is 0 Å². The maximum atomic E-state index is 14.5. The molecule has 8 heteroatoms. The molecule has 1 atom stereocenters. The molecule has 0 unspecified atom stereocenters. The molecule has 0 spiro atoms. The summed E-state index contributed by atoms with van der Waals surface area (Å²) in [5.41, 5.74) is 1.37. The van der Waals surface area contributed by atoms with Crippen LogP contribution in [0.1, 0.15) is 42.7 Å². The van der Waals surface area contributed by atoms with Crippen molar-refractivity contribution in [3.8, 4) is 0 Å². The Morgan fingerprint density at radius 3 is 2.70 bits per heavy atom. The van der Waals surface area contributed by atoms with Gasteiger partial charge in [0.1, 0.15) is 12.1 Å². The fourth-order valence-electron chi connectivity index (χ4n) is 3.94. The van der Waals surface area contributed by atoms with Gasteiger partial charge >= 0.3 is 0 Å². The second-order valence-electron chi connectivity index (χ2n) is 7.45. The Balaban J connectivity index is 1.47. The van der Waals surface area contributed by atoms with Crippen molar-refractivity contribution >= 4 is 15.5 Å².